The zero-order valence-corrected chi connectivity index (χ0v) is 17.5. The fourth-order valence-corrected chi connectivity index (χ4v) is 3.72. The normalized spacial score (nSPS) is 18.8. The van der Waals surface area contributed by atoms with Crippen LogP contribution in [0.4, 0.5) is 17.6 Å². The smallest absolute Gasteiger partial charge is 0.419 e. The molecule has 0 saturated carbocycles. The average Bonchev–Trinajstić information content (AvgIpc) is 2.80. The Bertz CT molecular complexity index is 1130. The number of halogens is 4. The molecule has 0 bridgehead atoms. The minimum absolute atomic E-state index is 0.00409. The van der Waals surface area contributed by atoms with Crippen molar-refractivity contribution in [3.05, 3.63) is 66.0 Å². The molecule has 172 valence electrons. The first-order valence-corrected chi connectivity index (χ1v) is 10.2. The summed E-state index contributed by atoms with van der Waals surface area (Å²) >= 11 is 0. The Labute approximate surface area is 186 Å². The van der Waals surface area contributed by atoms with Gasteiger partial charge in [0, 0.05) is 31.3 Å². The lowest BCUT2D eigenvalue weighted by molar-refractivity contribution is -0.138. The summed E-state index contributed by atoms with van der Waals surface area (Å²) in [6.45, 7) is 2.16. The van der Waals surface area contributed by atoms with Gasteiger partial charge in [0.2, 0.25) is 0 Å². The van der Waals surface area contributed by atoms with Crippen LogP contribution in [0, 0.1) is 5.82 Å². The van der Waals surface area contributed by atoms with Gasteiger partial charge in [-0.15, -0.1) is 0 Å². The molecule has 0 aliphatic carbocycles. The Balaban J connectivity index is 1.56. The minimum Gasteiger partial charge on any atom is -0.458 e. The van der Waals surface area contributed by atoms with Gasteiger partial charge >= 0.3 is 12.2 Å². The molecule has 2 unspecified atom stereocenters. The van der Waals surface area contributed by atoms with Gasteiger partial charge in [-0.25, -0.2) is 24.3 Å². The van der Waals surface area contributed by atoms with Crippen LogP contribution in [0.1, 0.15) is 35.7 Å². The van der Waals surface area contributed by atoms with Crippen LogP contribution in [0.25, 0.3) is 11.4 Å². The number of rotatable bonds is 4. The maximum Gasteiger partial charge on any atom is 0.419 e. The van der Waals surface area contributed by atoms with Crippen LogP contribution in [0.15, 0.2) is 49.1 Å². The zero-order chi connectivity index (χ0) is 23.6. The van der Waals surface area contributed by atoms with E-state index in [1.54, 1.807) is 17.9 Å². The lowest BCUT2D eigenvalue weighted by Gasteiger charge is -2.39. The van der Waals surface area contributed by atoms with Crippen molar-refractivity contribution < 1.29 is 27.1 Å². The van der Waals surface area contributed by atoms with Gasteiger partial charge in [0.15, 0.2) is 5.82 Å². The predicted octanol–water partition coefficient (Wildman–Crippen LogP) is 4.16. The second-order valence-electron chi connectivity index (χ2n) is 7.52. The van der Waals surface area contributed by atoms with Crippen LogP contribution >= 0.6 is 0 Å². The Hall–Kier alpha value is -3.63. The van der Waals surface area contributed by atoms with E-state index in [9.17, 15) is 22.4 Å². The summed E-state index contributed by atoms with van der Waals surface area (Å²) in [6.07, 6.45) is 0.242. The summed E-state index contributed by atoms with van der Waals surface area (Å²) in [5.74, 6) is -0.955. The summed E-state index contributed by atoms with van der Waals surface area (Å²) in [5, 5.41) is 0. The summed E-state index contributed by atoms with van der Waals surface area (Å²) in [5.41, 5.74) is -0.867. The van der Waals surface area contributed by atoms with Crippen LogP contribution in [-0.4, -0.2) is 49.4 Å². The van der Waals surface area contributed by atoms with Crippen molar-refractivity contribution in [2.45, 2.75) is 38.1 Å². The van der Waals surface area contributed by atoms with Crippen molar-refractivity contribution in [1.29, 1.82) is 0 Å². The molecule has 2 atom stereocenters. The third-order valence-corrected chi connectivity index (χ3v) is 5.42. The maximum absolute atomic E-state index is 14.7. The molecule has 1 amide bonds. The lowest BCUT2D eigenvalue weighted by Crippen LogP contribution is -2.51. The third-order valence-electron chi connectivity index (χ3n) is 5.42. The van der Waals surface area contributed by atoms with Gasteiger partial charge in [0.1, 0.15) is 11.9 Å². The van der Waals surface area contributed by atoms with Crippen LogP contribution in [-0.2, 0) is 6.18 Å². The van der Waals surface area contributed by atoms with E-state index < -0.39 is 35.6 Å². The molecule has 3 aromatic rings. The van der Waals surface area contributed by atoms with Gasteiger partial charge < -0.3 is 9.64 Å². The molecule has 1 aliphatic heterocycles. The van der Waals surface area contributed by atoms with Gasteiger partial charge in [-0.3, -0.25) is 4.79 Å². The molecule has 11 heteroatoms. The first kappa shape index (κ1) is 22.6. The van der Waals surface area contributed by atoms with Gasteiger partial charge in [-0.05, 0) is 38.0 Å². The SMILES string of the molecule is CC1C(Oc2ncc(C(F)(F)F)cn2)CCCN1C(=O)c1cccc(F)c1-c1ncccn1. The molecule has 0 N–H and O–H groups in total. The van der Waals surface area contributed by atoms with Crippen molar-refractivity contribution >= 4 is 5.91 Å². The number of hydrogen-bond donors (Lipinski definition) is 0. The average molecular weight is 461 g/mol. The number of carbonyl (C=O) groups is 1. The molecule has 1 fully saturated rings. The highest BCUT2D eigenvalue weighted by Gasteiger charge is 2.36. The Kier molecular flexibility index (Phi) is 6.21. The summed E-state index contributed by atoms with van der Waals surface area (Å²) < 4.78 is 58.6. The topological polar surface area (TPSA) is 81.1 Å². The molecule has 33 heavy (non-hydrogen) atoms. The van der Waals surface area contributed by atoms with E-state index in [2.05, 4.69) is 19.9 Å². The van der Waals surface area contributed by atoms with E-state index in [0.29, 0.717) is 31.8 Å². The number of carbonyl (C=O) groups excluding carboxylic acids is 1. The molecule has 3 heterocycles. The molecule has 4 rings (SSSR count). The van der Waals surface area contributed by atoms with Gasteiger partial charge in [0.05, 0.1) is 22.7 Å². The Morgan fingerprint density at radius 2 is 1.79 bits per heavy atom. The minimum atomic E-state index is -4.55. The number of piperidine rings is 1. The molecule has 0 radical (unpaired) electrons. The van der Waals surface area contributed by atoms with Gasteiger partial charge in [-0.1, -0.05) is 6.07 Å². The summed E-state index contributed by atoms with van der Waals surface area (Å²) in [4.78, 5) is 30.4. The molecule has 0 spiro atoms. The second kappa shape index (κ2) is 9.08. The fraction of sp³-hybridized carbons (Fsp3) is 0.318. The van der Waals surface area contributed by atoms with Crippen molar-refractivity contribution in [1.82, 2.24) is 24.8 Å². The summed E-state index contributed by atoms with van der Waals surface area (Å²) in [7, 11) is 0. The van der Waals surface area contributed by atoms with Crippen molar-refractivity contribution in [3.63, 3.8) is 0 Å². The second-order valence-corrected chi connectivity index (χ2v) is 7.52. The fourth-order valence-electron chi connectivity index (χ4n) is 3.72. The number of alkyl halides is 3. The van der Waals surface area contributed by atoms with Gasteiger partial charge in [-0.2, -0.15) is 13.2 Å². The standard InChI is InChI=1S/C22H19F4N5O2/c1-13-17(33-21-29-11-14(12-30-21)22(24,25)26)7-3-10-31(13)20(32)15-5-2-6-16(23)18(15)19-27-8-4-9-28-19/h2,4-6,8-9,11-13,17H,3,7,10H2,1H3. The maximum atomic E-state index is 14.7. The lowest BCUT2D eigenvalue weighted by atomic mass is 9.97. The van der Waals surface area contributed by atoms with E-state index in [1.807, 2.05) is 0 Å². The molecular weight excluding hydrogens is 442 g/mol. The van der Waals surface area contributed by atoms with Gasteiger partial charge in [0.25, 0.3) is 5.91 Å². The highest BCUT2D eigenvalue weighted by atomic mass is 19.4. The van der Waals surface area contributed by atoms with Crippen LogP contribution in [0.5, 0.6) is 6.01 Å². The molecule has 1 saturated heterocycles. The van der Waals surface area contributed by atoms with E-state index in [0.717, 1.165) is 0 Å². The Morgan fingerprint density at radius 3 is 2.45 bits per heavy atom. The first-order chi connectivity index (χ1) is 15.8. The number of nitrogens with zero attached hydrogens (tertiary/aromatic N) is 5. The Morgan fingerprint density at radius 1 is 1.09 bits per heavy atom. The molecule has 1 aliphatic rings. The van der Waals surface area contributed by atoms with Crippen molar-refractivity contribution in [2.75, 3.05) is 6.54 Å². The van der Waals surface area contributed by atoms with Crippen LogP contribution in [0.3, 0.4) is 0 Å². The third kappa shape index (κ3) is 4.76. The quantitative estimate of drug-likeness (QED) is 0.543. The predicted molar refractivity (Wildman–Crippen MR) is 109 cm³/mol. The largest absolute Gasteiger partial charge is 0.458 e. The van der Waals surface area contributed by atoms with E-state index in [-0.39, 0.29) is 23.0 Å². The number of aromatic nitrogens is 4. The van der Waals surface area contributed by atoms with Crippen LogP contribution in [0.2, 0.25) is 0 Å². The molecule has 2 aromatic heterocycles. The number of amides is 1. The van der Waals surface area contributed by atoms with E-state index >= 15 is 0 Å². The zero-order valence-electron chi connectivity index (χ0n) is 17.5. The molecular formula is C22H19F4N5O2. The van der Waals surface area contributed by atoms with Crippen molar-refractivity contribution in [3.8, 4) is 17.4 Å². The first-order valence-electron chi connectivity index (χ1n) is 10.2. The number of likely N-dealkylation sites (tertiary alicyclic amines) is 1. The number of benzene rings is 1. The molecule has 1 aromatic carbocycles. The number of ether oxygens (including phenoxy) is 1. The van der Waals surface area contributed by atoms with E-state index in [4.69, 9.17) is 4.74 Å². The highest BCUT2D eigenvalue weighted by molar-refractivity contribution is 6.00. The summed E-state index contributed by atoms with van der Waals surface area (Å²) in [6, 6.07) is 5.09. The molecule has 7 nitrogen and oxygen atoms in total. The van der Waals surface area contributed by atoms with Crippen LogP contribution < -0.4 is 4.74 Å². The van der Waals surface area contributed by atoms with Crippen molar-refractivity contribution in [2.24, 2.45) is 0 Å². The monoisotopic (exact) mass is 461 g/mol. The van der Waals surface area contributed by atoms with E-state index in [1.165, 1.54) is 30.6 Å². The number of hydrogen-bond acceptors (Lipinski definition) is 6. The highest BCUT2D eigenvalue weighted by Crippen LogP contribution is 2.30.